The lowest BCUT2D eigenvalue weighted by Gasteiger charge is -2.63. The van der Waals surface area contributed by atoms with E-state index < -0.39 is 87.7 Å². The topological polar surface area (TPSA) is 43.4 Å². The third-order valence-electron chi connectivity index (χ3n) is 9.19. The number of hydrogen-bond donors (Lipinski definition) is 1. The van der Waals surface area contributed by atoms with Gasteiger partial charge in [-0.2, -0.15) is 0 Å². The van der Waals surface area contributed by atoms with Crippen molar-refractivity contribution in [2.24, 2.45) is 0 Å². The minimum atomic E-state index is -3.39. The highest BCUT2D eigenvalue weighted by atomic mass is 80.0. The zero-order chi connectivity index (χ0) is 64.3. The molecule has 53 heteroatoms. The van der Waals surface area contributed by atoms with Gasteiger partial charge < -0.3 is 0 Å². The number of halogens is 49. The highest BCUT2D eigenvalue weighted by Crippen LogP contribution is 2.86. The van der Waals surface area contributed by atoms with Gasteiger partial charge in [-0.25, -0.2) is 12.6 Å². The summed E-state index contributed by atoms with van der Waals surface area (Å²) in [6, 6.07) is 0. The zero-order valence-corrected chi connectivity index (χ0v) is 111. The van der Waals surface area contributed by atoms with Gasteiger partial charge in [0.15, 0.2) is 5.38 Å². The van der Waals surface area contributed by atoms with Crippen LogP contribution in [-0.4, -0.2) is 85.1 Å². The molecule has 0 aliphatic carbocycles. The Morgan fingerprint density at radius 1 is 0.156 bits per heavy atom. The first-order valence-electron chi connectivity index (χ1n) is 15.8. The maximum Gasteiger partial charge on any atom is 0.259 e. The monoisotopic (exact) mass is 4240 g/mol. The summed E-state index contributed by atoms with van der Waals surface area (Å²) in [5.74, 6) is 0. The molecule has 0 fully saturated rings. The molecule has 0 saturated carbocycles. The lowest BCUT2D eigenvalue weighted by Crippen LogP contribution is -2.75. The van der Waals surface area contributed by atoms with Gasteiger partial charge in [0.1, 0.15) is 67.9 Å². The van der Waals surface area contributed by atoms with Gasteiger partial charge in [0.25, 0.3) is 11.0 Å². The maximum atomic E-state index is 11.9. The molecule has 0 amide bonds. The van der Waals surface area contributed by atoms with Crippen LogP contribution in [0.25, 0.3) is 0 Å². The van der Waals surface area contributed by atoms with Gasteiger partial charge in [-0.15, -0.1) is 0 Å². The highest BCUT2D eigenvalue weighted by molar-refractivity contribution is 9.44. The van der Waals surface area contributed by atoms with Crippen molar-refractivity contribution < 1.29 is 12.6 Å². The van der Waals surface area contributed by atoms with E-state index in [9.17, 15) is 8.42 Å². The molecule has 0 N–H and O–H groups in total. The summed E-state index contributed by atoms with van der Waals surface area (Å²) >= 11 is 192. The molecule has 0 radical (unpaired) electrons. The van der Waals surface area contributed by atoms with E-state index in [0.29, 0.717) is 0 Å². The molecule has 0 aromatic heterocycles. The summed E-state index contributed by atoms with van der Waals surface area (Å²) < 4.78 is -5.66. The van der Waals surface area contributed by atoms with Crippen molar-refractivity contribution in [3.05, 3.63) is 0 Å². The first-order chi connectivity index (χ1) is 32.2. The SMILES string of the molecule is O=[SH](=O)OC(Br)(Br)C(Br)(Br)C(Br)(Br)C(Br)(Br)C(Br)(Br)C(Br)(Br)C(Br)(Br)C(Br)(Br)C(Br)(Br)C(Br)(Br)C(Br)(Br)C(Br)(Br)C(Br)(Br)C(Br)(Br)C(Br)(Br)C(Br)(Br)C(Br)(Br)C(Br)(Br)C(Br)(Br)C(Br)(Br)C(Br)(Br)C(Br)(Br)C(Br)(Br)C(Br)(Br)Br. The Bertz CT molecular complexity index is 2230. The van der Waals surface area contributed by atoms with Crippen LogP contribution < -0.4 is 0 Å². The lowest BCUT2D eigenvalue weighted by molar-refractivity contribution is 0.270. The summed E-state index contributed by atoms with van der Waals surface area (Å²) in [4.78, 5) is 0. The number of thiol groups is 1. The van der Waals surface area contributed by atoms with Crippen LogP contribution in [-0.2, 0) is 15.2 Å². The van der Waals surface area contributed by atoms with Crippen LogP contribution in [0.15, 0.2) is 0 Å². The Morgan fingerprint density at radius 3 is 0.338 bits per heavy atom. The van der Waals surface area contributed by atoms with Gasteiger partial charge in [0, 0.05) is 0 Å². The molecule has 0 bridgehead atoms. The van der Waals surface area contributed by atoms with Gasteiger partial charge in [0.2, 0.25) is 3.42 Å². The Morgan fingerprint density at radius 2 is 0.247 bits per heavy atom. The smallest absolute Gasteiger partial charge is 0.239 e. The van der Waals surface area contributed by atoms with E-state index in [1.807, 2.05) is 0 Å². The molecule has 0 aliphatic rings. The van der Waals surface area contributed by atoms with E-state index in [1.165, 1.54) is 0 Å². The number of alkyl halides is 49. The summed E-state index contributed by atoms with van der Waals surface area (Å²) in [5.41, 5.74) is 0. The molecule has 0 aliphatic heterocycles. The average Bonchev–Trinajstić information content (AvgIpc) is 3.17. The van der Waals surface area contributed by atoms with Crippen molar-refractivity contribution in [1.29, 1.82) is 0 Å². The highest BCUT2D eigenvalue weighted by Gasteiger charge is 2.86. The molecule has 0 heterocycles. The normalized spacial score (nSPS) is 17.4. The second kappa shape index (κ2) is 32.8. The first-order valence-corrected chi connectivity index (χ1v) is 55.7. The van der Waals surface area contributed by atoms with Gasteiger partial charge >= 0.3 is 0 Å². The van der Waals surface area contributed by atoms with Crippen LogP contribution in [0.3, 0.4) is 0 Å². The molecule has 0 rings (SSSR count). The van der Waals surface area contributed by atoms with Crippen molar-refractivity contribution in [3.63, 3.8) is 0 Å². The molecule has 0 spiro atoms. The molecular weight excluding hydrogens is 4280 g/mol. The van der Waals surface area contributed by atoms with E-state index >= 15 is 0 Å². The van der Waals surface area contributed by atoms with Crippen LogP contribution in [0.4, 0.5) is 0 Å². The Balaban J connectivity index is 8.20. The lowest BCUT2D eigenvalue weighted by atomic mass is 10.00. The molecule has 0 aromatic carbocycles. The second-order valence-electron chi connectivity index (χ2n) is 14.0. The van der Waals surface area contributed by atoms with Crippen LogP contribution >= 0.6 is 781 Å². The van der Waals surface area contributed by atoms with Crippen molar-refractivity contribution in [2.75, 3.05) is 0 Å². The third-order valence-corrected chi connectivity index (χ3v) is 116. The average molecular weight is 4280 g/mol. The second-order valence-corrected chi connectivity index (χ2v) is 100. The summed E-state index contributed by atoms with van der Waals surface area (Å²) in [7, 11) is -3.39. The van der Waals surface area contributed by atoms with Crippen LogP contribution in [0.1, 0.15) is 0 Å². The Labute approximate surface area is 858 Å². The van der Waals surface area contributed by atoms with Gasteiger partial charge in [-0.05, 0) is 31.9 Å². The fourth-order valence-electron chi connectivity index (χ4n) is 4.46. The molecule has 0 aromatic rings. The predicted octanol–water partition coefficient (Wildman–Crippen LogP) is 35.5. The van der Waals surface area contributed by atoms with Crippen LogP contribution in [0, 0.1) is 0 Å². The van der Waals surface area contributed by atoms with E-state index in [1.54, 1.807) is 0 Å². The van der Waals surface area contributed by atoms with Gasteiger partial charge in [0.05, 0.1) is 0 Å². The largest absolute Gasteiger partial charge is 0.259 e. The van der Waals surface area contributed by atoms with E-state index in [2.05, 4.69) is 781 Å². The van der Waals surface area contributed by atoms with Gasteiger partial charge in [-0.3, -0.25) is 0 Å². The molecule has 0 saturated heterocycles. The molecule has 0 unspecified atom stereocenters. The van der Waals surface area contributed by atoms with Gasteiger partial charge in [-0.1, -0.05) is 749 Å². The quantitative estimate of drug-likeness (QED) is 0.0774. The number of rotatable bonds is 24. The summed E-state index contributed by atoms with van der Waals surface area (Å²) in [6.07, 6.45) is 0. The molecule has 0 atom stereocenters. The standard InChI is InChI=1S/C24HBr49O3S/c25-1(26,3(29,30)5(33,34)7(37,38)9(41,42)11(45,46)13(49,50)15(53,54)17(57,58)19(61,62)21(65,66)23(69,70)71)2(27,28)4(31,32)6(35,36)8(39,40)10(43,44)12(47,48)14(51,52)16(55,56)18(59,60)20(63,64)22(67,68)24(72,73)76-77(74)75/h77H. The maximum absolute atomic E-state index is 11.9. The molecule has 464 valence electrons. The minimum Gasteiger partial charge on any atom is -0.239 e. The summed E-state index contributed by atoms with van der Waals surface area (Å²) in [5, 5.41) is 0. The fraction of sp³-hybridized carbons (Fsp3) is 1.00. The third kappa shape index (κ3) is 17.0. The van der Waals surface area contributed by atoms with Crippen LogP contribution in [0.2, 0.25) is 0 Å². The first kappa shape index (κ1) is 100. The minimum absolute atomic E-state index is 0.961. The Hall–Kier alpha value is 23.4. The molecular formula is C24HBr49O3S. The predicted molar refractivity (Wildman–Crippen MR) is 514 cm³/mol. The fourth-order valence-corrected chi connectivity index (χ4v) is 56.3. The van der Waals surface area contributed by atoms with Crippen molar-refractivity contribution >= 4 is 792 Å². The van der Waals surface area contributed by atoms with E-state index in [-0.39, 0.29) is 0 Å². The Kier molecular flexibility index (Phi) is 42.8. The van der Waals surface area contributed by atoms with E-state index in [0.717, 1.165) is 0 Å². The van der Waals surface area contributed by atoms with Crippen molar-refractivity contribution in [1.82, 2.24) is 0 Å². The zero-order valence-electron chi connectivity index (χ0n) is 32.2. The number of hydrogen-bond acceptors (Lipinski definition) is 3. The molecule has 3 nitrogen and oxygen atoms in total. The molecule has 77 heavy (non-hydrogen) atoms. The summed E-state index contributed by atoms with van der Waals surface area (Å²) in [6.45, 7) is 0. The van der Waals surface area contributed by atoms with Crippen molar-refractivity contribution in [3.8, 4) is 0 Å². The van der Waals surface area contributed by atoms with Crippen molar-refractivity contribution in [2.45, 2.75) is 76.7 Å². The van der Waals surface area contributed by atoms with Crippen LogP contribution in [0.5, 0.6) is 0 Å². The van der Waals surface area contributed by atoms with E-state index in [4.69, 9.17) is 4.18 Å².